The van der Waals surface area contributed by atoms with Gasteiger partial charge < -0.3 is 9.73 Å². The first kappa shape index (κ1) is 15.5. The molecule has 1 aliphatic rings. The fourth-order valence-electron chi connectivity index (χ4n) is 2.35. The van der Waals surface area contributed by atoms with E-state index >= 15 is 0 Å². The Morgan fingerprint density at radius 2 is 2.15 bits per heavy atom. The molecule has 0 atom stereocenters. The Bertz CT molecular complexity index is 522. The van der Waals surface area contributed by atoms with E-state index in [-0.39, 0.29) is 5.75 Å². The molecule has 0 aliphatic carbocycles. The quantitative estimate of drug-likeness (QED) is 0.890. The summed E-state index contributed by atoms with van der Waals surface area (Å²) in [5.74, 6) is 1.53. The molecule has 1 saturated heterocycles. The molecule has 0 spiro atoms. The van der Waals surface area contributed by atoms with E-state index in [4.69, 9.17) is 4.42 Å². The molecule has 2 rings (SSSR count). The molecule has 2 heterocycles. The molecule has 114 valence electrons. The van der Waals surface area contributed by atoms with Gasteiger partial charge >= 0.3 is 0 Å². The molecule has 5 nitrogen and oxygen atoms in total. The highest BCUT2D eigenvalue weighted by atomic mass is 32.2. The van der Waals surface area contributed by atoms with Crippen LogP contribution in [0.4, 0.5) is 0 Å². The molecule has 1 aromatic rings. The van der Waals surface area contributed by atoms with Crippen LogP contribution >= 0.6 is 0 Å². The Balaban J connectivity index is 1.94. The van der Waals surface area contributed by atoms with Gasteiger partial charge in [-0.05, 0) is 19.0 Å². The van der Waals surface area contributed by atoms with Gasteiger partial charge in [-0.25, -0.2) is 8.42 Å². The Labute approximate surface area is 121 Å². The maximum absolute atomic E-state index is 11.6. The third-order valence-electron chi connectivity index (χ3n) is 3.55. The van der Waals surface area contributed by atoms with Crippen LogP contribution in [0.2, 0.25) is 0 Å². The van der Waals surface area contributed by atoms with Crippen molar-refractivity contribution in [3.63, 3.8) is 0 Å². The Morgan fingerprint density at radius 1 is 1.35 bits per heavy atom. The van der Waals surface area contributed by atoms with Crippen molar-refractivity contribution in [1.82, 2.24) is 10.2 Å². The molecule has 0 radical (unpaired) electrons. The third-order valence-corrected chi connectivity index (χ3v) is 5.27. The second kappa shape index (κ2) is 6.74. The average Bonchev–Trinajstić information content (AvgIpc) is 2.72. The van der Waals surface area contributed by atoms with Crippen LogP contribution in [0.25, 0.3) is 0 Å². The molecule has 0 aromatic carbocycles. The summed E-state index contributed by atoms with van der Waals surface area (Å²) < 4.78 is 28.7. The Hall–Kier alpha value is -0.850. The van der Waals surface area contributed by atoms with E-state index in [2.05, 4.69) is 24.1 Å². The van der Waals surface area contributed by atoms with Gasteiger partial charge in [-0.15, -0.1) is 0 Å². The summed E-state index contributed by atoms with van der Waals surface area (Å²) in [5, 5.41) is 3.34. The van der Waals surface area contributed by atoms with E-state index in [1.54, 1.807) is 6.26 Å². The standard InChI is InChI=1S/C14H24N2O3S/c1-12(2)15-10-14-13(4-7-19-14)11-16-5-3-8-20(17,18)9-6-16/h4,7,12,15H,3,5-6,8-11H2,1-2H3. The van der Waals surface area contributed by atoms with Crippen LogP contribution in [0.15, 0.2) is 16.7 Å². The zero-order valence-corrected chi connectivity index (χ0v) is 13.1. The minimum atomic E-state index is -2.84. The van der Waals surface area contributed by atoms with Crippen molar-refractivity contribution in [3.05, 3.63) is 23.7 Å². The van der Waals surface area contributed by atoms with E-state index in [1.165, 1.54) is 0 Å². The zero-order chi connectivity index (χ0) is 14.6. The zero-order valence-electron chi connectivity index (χ0n) is 12.3. The third kappa shape index (κ3) is 4.61. The van der Waals surface area contributed by atoms with E-state index in [0.717, 1.165) is 30.8 Å². The van der Waals surface area contributed by atoms with Gasteiger partial charge in [0.2, 0.25) is 0 Å². The average molecular weight is 300 g/mol. The van der Waals surface area contributed by atoms with Crippen molar-refractivity contribution < 1.29 is 12.8 Å². The van der Waals surface area contributed by atoms with Crippen LogP contribution in [0.1, 0.15) is 31.6 Å². The molecule has 6 heteroatoms. The van der Waals surface area contributed by atoms with E-state index in [0.29, 0.717) is 24.9 Å². The van der Waals surface area contributed by atoms with E-state index in [1.807, 2.05) is 6.07 Å². The van der Waals surface area contributed by atoms with Gasteiger partial charge in [0.15, 0.2) is 9.84 Å². The highest BCUT2D eigenvalue weighted by molar-refractivity contribution is 7.91. The predicted octanol–water partition coefficient (Wildman–Crippen LogP) is 1.40. The highest BCUT2D eigenvalue weighted by Crippen LogP contribution is 2.15. The summed E-state index contributed by atoms with van der Waals surface area (Å²) in [4.78, 5) is 2.20. The van der Waals surface area contributed by atoms with Gasteiger partial charge in [-0.3, -0.25) is 4.90 Å². The number of hydrogen-bond acceptors (Lipinski definition) is 5. The first-order valence-electron chi connectivity index (χ1n) is 7.18. The summed E-state index contributed by atoms with van der Waals surface area (Å²) in [5.41, 5.74) is 1.15. The lowest BCUT2D eigenvalue weighted by atomic mass is 10.2. The molecular formula is C14H24N2O3S. The summed E-state index contributed by atoms with van der Waals surface area (Å²) in [6.07, 6.45) is 2.43. The first-order chi connectivity index (χ1) is 9.46. The van der Waals surface area contributed by atoms with Crippen molar-refractivity contribution in [1.29, 1.82) is 0 Å². The Morgan fingerprint density at radius 3 is 2.90 bits per heavy atom. The lowest BCUT2D eigenvalue weighted by Crippen LogP contribution is -2.27. The normalized spacial score (nSPS) is 20.1. The lowest BCUT2D eigenvalue weighted by Gasteiger charge is -2.19. The van der Waals surface area contributed by atoms with Crippen LogP contribution in [0, 0.1) is 0 Å². The summed E-state index contributed by atoms with van der Waals surface area (Å²) in [7, 11) is -2.84. The van der Waals surface area contributed by atoms with Gasteiger partial charge in [0.1, 0.15) is 5.76 Å². The largest absolute Gasteiger partial charge is 0.468 e. The maximum atomic E-state index is 11.6. The molecule has 1 aromatic heterocycles. The molecule has 0 bridgehead atoms. The first-order valence-corrected chi connectivity index (χ1v) is 9.00. The second-order valence-electron chi connectivity index (χ2n) is 5.69. The SMILES string of the molecule is CC(C)NCc1occc1CN1CCCS(=O)(=O)CC1. The smallest absolute Gasteiger partial charge is 0.151 e. The van der Waals surface area contributed by atoms with Gasteiger partial charge in [-0.2, -0.15) is 0 Å². The summed E-state index contributed by atoms with van der Waals surface area (Å²) in [6, 6.07) is 2.40. The van der Waals surface area contributed by atoms with Gasteiger partial charge in [0, 0.05) is 24.7 Å². The number of furan rings is 1. The lowest BCUT2D eigenvalue weighted by molar-refractivity contribution is 0.284. The van der Waals surface area contributed by atoms with Gasteiger partial charge in [-0.1, -0.05) is 13.8 Å². The van der Waals surface area contributed by atoms with Crippen LogP contribution < -0.4 is 5.32 Å². The van der Waals surface area contributed by atoms with E-state index < -0.39 is 9.84 Å². The maximum Gasteiger partial charge on any atom is 0.151 e. The monoisotopic (exact) mass is 300 g/mol. The fourth-order valence-corrected chi connectivity index (χ4v) is 3.66. The summed E-state index contributed by atoms with van der Waals surface area (Å²) >= 11 is 0. The number of nitrogens with one attached hydrogen (secondary N) is 1. The molecule has 1 aliphatic heterocycles. The van der Waals surface area contributed by atoms with Crippen molar-refractivity contribution in [2.24, 2.45) is 0 Å². The van der Waals surface area contributed by atoms with E-state index in [9.17, 15) is 8.42 Å². The molecule has 0 saturated carbocycles. The molecule has 0 amide bonds. The van der Waals surface area contributed by atoms with Crippen molar-refractivity contribution in [3.8, 4) is 0 Å². The second-order valence-corrected chi connectivity index (χ2v) is 7.99. The number of hydrogen-bond donors (Lipinski definition) is 1. The summed E-state index contributed by atoms with van der Waals surface area (Å²) in [6.45, 7) is 7.13. The van der Waals surface area contributed by atoms with Crippen molar-refractivity contribution in [2.45, 2.75) is 39.4 Å². The molecule has 1 fully saturated rings. The van der Waals surface area contributed by atoms with Crippen LogP contribution in [-0.4, -0.2) is 44.0 Å². The highest BCUT2D eigenvalue weighted by Gasteiger charge is 2.20. The topological polar surface area (TPSA) is 62.6 Å². The van der Waals surface area contributed by atoms with Crippen molar-refractivity contribution >= 4 is 9.84 Å². The predicted molar refractivity (Wildman–Crippen MR) is 79.2 cm³/mol. The number of sulfone groups is 1. The molecule has 1 N–H and O–H groups in total. The number of rotatable bonds is 5. The van der Waals surface area contributed by atoms with Crippen molar-refractivity contribution in [2.75, 3.05) is 24.6 Å². The minimum absolute atomic E-state index is 0.268. The van der Waals surface area contributed by atoms with Crippen LogP contribution in [-0.2, 0) is 22.9 Å². The number of nitrogens with zero attached hydrogens (tertiary/aromatic N) is 1. The van der Waals surface area contributed by atoms with Crippen LogP contribution in [0.3, 0.4) is 0 Å². The fraction of sp³-hybridized carbons (Fsp3) is 0.714. The van der Waals surface area contributed by atoms with Crippen LogP contribution in [0.5, 0.6) is 0 Å². The Kier molecular flexibility index (Phi) is 5.23. The van der Waals surface area contributed by atoms with Gasteiger partial charge in [0.05, 0.1) is 24.3 Å². The van der Waals surface area contributed by atoms with Gasteiger partial charge in [0.25, 0.3) is 0 Å². The minimum Gasteiger partial charge on any atom is -0.468 e. The molecular weight excluding hydrogens is 276 g/mol. The molecule has 20 heavy (non-hydrogen) atoms. The molecule has 0 unspecified atom stereocenters.